The van der Waals surface area contributed by atoms with Crippen LogP contribution in [0, 0.1) is 23.2 Å². The van der Waals surface area contributed by atoms with Crippen LogP contribution >= 0.6 is 0 Å². The molecule has 0 saturated heterocycles. The summed E-state index contributed by atoms with van der Waals surface area (Å²) in [6, 6.07) is 11.5. The first-order chi connectivity index (χ1) is 13.3. The van der Waals surface area contributed by atoms with Gasteiger partial charge in [0.1, 0.15) is 0 Å². The second-order valence-electron chi connectivity index (χ2n) is 8.51. The number of rotatable bonds is 12. The average molecular weight is 366 g/mol. The van der Waals surface area contributed by atoms with Gasteiger partial charge in [-0.25, -0.2) is 0 Å². The third-order valence-electron chi connectivity index (χ3n) is 6.33. The highest BCUT2D eigenvalue weighted by atomic mass is 14.3. The van der Waals surface area contributed by atoms with E-state index in [9.17, 15) is 0 Å². The Morgan fingerprint density at radius 2 is 1.44 bits per heavy atom. The van der Waals surface area contributed by atoms with E-state index in [4.69, 9.17) is 5.26 Å². The Morgan fingerprint density at radius 1 is 0.852 bits per heavy atom. The van der Waals surface area contributed by atoms with E-state index in [0.29, 0.717) is 0 Å². The third kappa shape index (κ3) is 9.28. The van der Waals surface area contributed by atoms with E-state index in [2.05, 4.69) is 37.3 Å². The van der Waals surface area contributed by atoms with Gasteiger partial charge in [0.25, 0.3) is 0 Å². The second-order valence-corrected chi connectivity index (χ2v) is 8.51. The van der Waals surface area contributed by atoms with Gasteiger partial charge in [0.15, 0.2) is 0 Å². The molecule has 1 saturated carbocycles. The van der Waals surface area contributed by atoms with Crippen molar-refractivity contribution in [3.8, 4) is 6.07 Å². The number of nitrogens with zero attached hydrogens (tertiary/aromatic N) is 1. The smallest absolute Gasteiger partial charge is 0.0908 e. The highest BCUT2D eigenvalue weighted by Crippen LogP contribution is 2.34. The lowest BCUT2D eigenvalue weighted by Gasteiger charge is -2.28. The zero-order chi connectivity index (χ0) is 19.2. The minimum absolute atomic E-state index is 0.890. The van der Waals surface area contributed by atoms with Crippen molar-refractivity contribution < 1.29 is 0 Å². The van der Waals surface area contributed by atoms with E-state index < -0.39 is 0 Å². The van der Waals surface area contributed by atoms with E-state index >= 15 is 0 Å². The van der Waals surface area contributed by atoms with Crippen molar-refractivity contribution in [2.24, 2.45) is 11.8 Å². The molecule has 1 aromatic carbocycles. The Morgan fingerprint density at radius 3 is 2.07 bits per heavy atom. The SMILES string of the molecule is CCCCCCCc1ccc(CC[C@H]2CC[C@H](CCC=CC#N)CC2)cc1. The lowest BCUT2D eigenvalue weighted by molar-refractivity contribution is 0.254. The molecule has 0 N–H and O–H groups in total. The van der Waals surface area contributed by atoms with Crippen LogP contribution in [0.3, 0.4) is 0 Å². The van der Waals surface area contributed by atoms with E-state index in [1.165, 1.54) is 94.6 Å². The van der Waals surface area contributed by atoms with Crippen LogP contribution in [0.1, 0.15) is 95.1 Å². The zero-order valence-electron chi connectivity index (χ0n) is 17.5. The highest BCUT2D eigenvalue weighted by Gasteiger charge is 2.20. The van der Waals surface area contributed by atoms with Gasteiger partial charge in [-0.1, -0.05) is 88.6 Å². The molecule has 0 atom stereocenters. The highest BCUT2D eigenvalue weighted by molar-refractivity contribution is 5.22. The monoisotopic (exact) mass is 365 g/mol. The Kier molecular flexibility index (Phi) is 10.9. The van der Waals surface area contributed by atoms with Crippen molar-refractivity contribution in [1.29, 1.82) is 5.26 Å². The van der Waals surface area contributed by atoms with Crippen molar-refractivity contribution in [3.63, 3.8) is 0 Å². The molecule has 0 spiro atoms. The quantitative estimate of drug-likeness (QED) is 0.274. The molecule has 1 heteroatoms. The maximum Gasteiger partial charge on any atom is 0.0908 e. The summed E-state index contributed by atoms with van der Waals surface area (Å²) in [4.78, 5) is 0. The maximum absolute atomic E-state index is 8.54. The first-order valence-corrected chi connectivity index (χ1v) is 11.4. The van der Waals surface area contributed by atoms with Gasteiger partial charge in [-0.15, -0.1) is 0 Å². The standard InChI is InChI=1S/C26H39N/c1-2-3-4-5-7-10-23-12-16-25(17-13-23)20-21-26-18-14-24(15-19-26)11-8-6-9-22-27/h6,9,12-13,16-17,24,26H,2-5,7-8,10-11,14-15,18-21H2,1H3/t24-,26-. The van der Waals surface area contributed by atoms with Crippen molar-refractivity contribution in [2.75, 3.05) is 0 Å². The molecule has 1 fully saturated rings. The van der Waals surface area contributed by atoms with E-state index in [1.54, 1.807) is 6.08 Å². The first kappa shape index (κ1) is 21.7. The van der Waals surface area contributed by atoms with E-state index in [0.717, 1.165) is 18.3 Å². The van der Waals surface area contributed by atoms with Gasteiger partial charge >= 0.3 is 0 Å². The number of unbranched alkanes of at least 4 members (excludes halogenated alkanes) is 4. The fourth-order valence-electron chi connectivity index (χ4n) is 4.45. The van der Waals surface area contributed by atoms with Crippen LogP contribution in [0.2, 0.25) is 0 Å². The molecule has 0 heterocycles. The predicted molar refractivity (Wildman–Crippen MR) is 117 cm³/mol. The molecular formula is C26H39N. The fraction of sp³-hybridized carbons (Fsp3) is 0.654. The molecule has 0 amide bonds. The normalized spacial score (nSPS) is 20.0. The summed E-state index contributed by atoms with van der Waals surface area (Å²) in [6.45, 7) is 2.28. The number of hydrogen-bond acceptors (Lipinski definition) is 1. The van der Waals surface area contributed by atoms with Gasteiger partial charge in [0, 0.05) is 6.08 Å². The zero-order valence-corrected chi connectivity index (χ0v) is 17.5. The minimum atomic E-state index is 0.890. The summed E-state index contributed by atoms with van der Waals surface area (Å²) in [6.07, 6.45) is 22.3. The lowest BCUT2D eigenvalue weighted by Crippen LogP contribution is -2.15. The molecule has 1 aliphatic rings. The van der Waals surface area contributed by atoms with Crippen molar-refractivity contribution in [1.82, 2.24) is 0 Å². The molecule has 27 heavy (non-hydrogen) atoms. The van der Waals surface area contributed by atoms with Crippen LogP contribution in [0.25, 0.3) is 0 Å². The number of hydrogen-bond donors (Lipinski definition) is 0. The molecular weight excluding hydrogens is 326 g/mol. The molecule has 1 aliphatic carbocycles. The summed E-state index contributed by atoms with van der Waals surface area (Å²) in [5, 5.41) is 8.54. The first-order valence-electron chi connectivity index (χ1n) is 11.4. The molecule has 148 valence electrons. The van der Waals surface area contributed by atoms with Gasteiger partial charge in [0.05, 0.1) is 6.07 Å². The molecule has 0 unspecified atom stereocenters. The summed E-state index contributed by atoms with van der Waals surface area (Å²) >= 11 is 0. The number of allylic oxidation sites excluding steroid dienone is 2. The molecule has 0 bridgehead atoms. The van der Waals surface area contributed by atoms with Gasteiger partial charge in [-0.2, -0.15) is 5.26 Å². The summed E-state index contributed by atoms with van der Waals surface area (Å²) in [7, 11) is 0. The average Bonchev–Trinajstić information content (AvgIpc) is 2.71. The van der Waals surface area contributed by atoms with Gasteiger partial charge in [-0.3, -0.25) is 0 Å². The Balaban J connectivity index is 1.59. The van der Waals surface area contributed by atoms with Crippen molar-refractivity contribution in [3.05, 3.63) is 47.5 Å². The molecule has 0 aliphatic heterocycles. The Hall–Kier alpha value is -1.55. The van der Waals surface area contributed by atoms with E-state index in [-0.39, 0.29) is 0 Å². The van der Waals surface area contributed by atoms with Crippen LogP contribution in [0.15, 0.2) is 36.4 Å². The largest absolute Gasteiger partial charge is 0.193 e. The van der Waals surface area contributed by atoms with Gasteiger partial charge in [-0.05, 0) is 61.5 Å². The second kappa shape index (κ2) is 13.6. The van der Waals surface area contributed by atoms with Crippen LogP contribution < -0.4 is 0 Å². The van der Waals surface area contributed by atoms with Crippen molar-refractivity contribution in [2.45, 2.75) is 96.8 Å². The lowest BCUT2D eigenvalue weighted by atomic mass is 9.78. The molecule has 0 aromatic heterocycles. The number of nitriles is 1. The van der Waals surface area contributed by atoms with Crippen LogP contribution in [-0.2, 0) is 12.8 Å². The van der Waals surface area contributed by atoms with Gasteiger partial charge in [0.2, 0.25) is 0 Å². The molecule has 0 radical (unpaired) electrons. The number of benzene rings is 1. The minimum Gasteiger partial charge on any atom is -0.193 e. The molecule has 1 nitrogen and oxygen atoms in total. The van der Waals surface area contributed by atoms with Gasteiger partial charge < -0.3 is 0 Å². The predicted octanol–water partition coefficient (Wildman–Crippen LogP) is 7.80. The maximum atomic E-state index is 8.54. The van der Waals surface area contributed by atoms with Crippen LogP contribution in [0.5, 0.6) is 0 Å². The molecule has 1 aromatic rings. The summed E-state index contributed by atoms with van der Waals surface area (Å²) < 4.78 is 0. The number of aryl methyl sites for hydroxylation is 2. The van der Waals surface area contributed by atoms with E-state index in [1.807, 2.05) is 6.08 Å². The molecule has 2 rings (SSSR count). The topological polar surface area (TPSA) is 23.8 Å². The summed E-state index contributed by atoms with van der Waals surface area (Å²) in [5.74, 6) is 1.82. The van der Waals surface area contributed by atoms with Crippen LogP contribution in [0.4, 0.5) is 0 Å². The fourth-order valence-corrected chi connectivity index (χ4v) is 4.45. The third-order valence-corrected chi connectivity index (χ3v) is 6.33. The Labute approximate surface area is 167 Å². The van der Waals surface area contributed by atoms with Crippen molar-refractivity contribution >= 4 is 0 Å². The summed E-state index contributed by atoms with van der Waals surface area (Å²) in [5.41, 5.74) is 3.04. The Bertz CT molecular complexity index is 555. The van der Waals surface area contributed by atoms with Crippen LogP contribution in [-0.4, -0.2) is 0 Å².